The Morgan fingerprint density at radius 2 is 2.00 bits per heavy atom. The molecule has 1 saturated carbocycles. The Labute approximate surface area is 162 Å². The minimum Gasteiger partial charge on any atom is -0.340 e. The van der Waals surface area contributed by atoms with E-state index in [1.807, 2.05) is 11.5 Å². The second-order valence-electron chi connectivity index (χ2n) is 7.09. The summed E-state index contributed by atoms with van der Waals surface area (Å²) in [6.07, 6.45) is 4.32. The third-order valence-electron chi connectivity index (χ3n) is 5.35. The number of fused-ring (bicyclic) bond motifs is 1. The SMILES string of the molecule is CCn1c(SCC2NC(=O)C3CCCCC3N2)nnc1-c1ccc(F)cc1. The van der Waals surface area contributed by atoms with Crippen molar-refractivity contribution in [3.8, 4) is 11.4 Å². The summed E-state index contributed by atoms with van der Waals surface area (Å²) in [5.41, 5.74) is 0.840. The zero-order valence-electron chi connectivity index (χ0n) is 15.3. The molecule has 1 aromatic carbocycles. The van der Waals surface area contributed by atoms with Crippen LogP contribution in [-0.2, 0) is 11.3 Å². The van der Waals surface area contributed by atoms with Gasteiger partial charge in [-0.15, -0.1) is 10.2 Å². The molecular weight excluding hydrogens is 365 g/mol. The van der Waals surface area contributed by atoms with E-state index in [4.69, 9.17) is 0 Å². The molecule has 1 aliphatic carbocycles. The van der Waals surface area contributed by atoms with Crippen LogP contribution in [0.4, 0.5) is 4.39 Å². The van der Waals surface area contributed by atoms with Crippen molar-refractivity contribution in [2.45, 2.75) is 56.5 Å². The number of carbonyl (C=O) groups is 1. The van der Waals surface area contributed by atoms with E-state index in [-0.39, 0.29) is 29.8 Å². The second-order valence-corrected chi connectivity index (χ2v) is 8.08. The molecule has 1 amide bonds. The highest BCUT2D eigenvalue weighted by molar-refractivity contribution is 7.99. The van der Waals surface area contributed by atoms with E-state index in [1.54, 1.807) is 23.9 Å². The van der Waals surface area contributed by atoms with Crippen LogP contribution in [0.1, 0.15) is 32.6 Å². The van der Waals surface area contributed by atoms with E-state index >= 15 is 0 Å². The summed E-state index contributed by atoms with van der Waals surface area (Å²) in [5.74, 6) is 1.44. The van der Waals surface area contributed by atoms with E-state index in [0.29, 0.717) is 5.75 Å². The third-order valence-corrected chi connectivity index (χ3v) is 6.41. The summed E-state index contributed by atoms with van der Waals surface area (Å²) in [6.45, 7) is 2.75. The van der Waals surface area contributed by atoms with Crippen molar-refractivity contribution in [1.29, 1.82) is 0 Å². The smallest absolute Gasteiger partial charge is 0.225 e. The molecule has 2 aliphatic rings. The van der Waals surface area contributed by atoms with Gasteiger partial charge in [0, 0.05) is 23.9 Å². The van der Waals surface area contributed by atoms with Gasteiger partial charge >= 0.3 is 0 Å². The normalized spacial score (nSPS) is 25.1. The molecule has 144 valence electrons. The Balaban J connectivity index is 1.44. The molecule has 1 saturated heterocycles. The maximum Gasteiger partial charge on any atom is 0.225 e. The first kappa shape index (κ1) is 18.4. The summed E-state index contributed by atoms with van der Waals surface area (Å²) in [5, 5.41) is 16.1. The third kappa shape index (κ3) is 3.87. The Kier molecular flexibility index (Phi) is 5.45. The lowest BCUT2D eigenvalue weighted by Crippen LogP contribution is -2.62. The van der Waals surface area contributed by atoms with Crippen LogP contribution in [0.2, 0.25) is 0 Å². The summed E-state index contributed by atoms with van der Waals surface area (Å²) in [7, 11) is 0. The molecule has 2 fully saturated rings. The number of thioether (sulfide) groups is 1. The van der Waals surface area contributed by atoms with Crippen LogP contribution < -0.4 is 10.6 Å². The summed E-state index contributed by atoms with van der Waals surface area (Å²) in [4.78, 5) is 12.4. The lowest BCUT2D eigenvalue weighted by atomic mass is 9.82. The summed E-state index contributed by atoms with van der Waals surface area (Å²) in [6, 6.07) is 6.58. The van der Waals surface area contributed by atoms with Gasteiger partial charge in [0.15, 0.2) is 11.0 Å². The Bertz CT molecular complexity index is 809. The standard InChI is InChI=1S/C19H24FN5OS/c1-2-25-17(12-7-9-13(20)10-8-12)23-24-19(25)27-11-16-21-15-6-4-3-5-14(15)18(26)22-16/h7-10,14-16,21H,2-6,11H2,1H3,(H,22,26). The van der Waals surface area contributed by atoms with Gasteiger partial charge in [-0.25, -0.2) is 4.39 Å². The Morgan fingerprint density at radius 3 is 2.78 bits per heavy atom. The first-order valence-electron chi connectivity index (χ1n) is 9.54. The van der Waals surface area contributed by atoms with Gasteiger partial charge < -0.3 is 9.88 Å². The van der Waals surface area contributed by atoms with E-state index in [0.717, 1.165) is 42.4 Å². The van der Waals surface area contributed by atoms with Gasteiger partial charge in [0.1, 0.15) is 5.82 Å². The zero-order valence-corrected chi connectivity index (χ0v) is 16.1. The van der Waals surface area contributed by atoms with Gasteiger partial charge in [0.05, 0.1) is 12.1 Å². The molecule has 0 bridgehead atoms. The molecular formula is C19H24FN5OS. The van der Waals surface area contributed by atoms with Gasteiger partial charge in [-0.05, 0) is 44.0 Å². The van der Waals surface area contributed by atoms with Crippen LogP contribution in [0.25, 0.3) is 11.4 Å². The number of nitrogens with one attached hydrogen (secondary N) is 2. The van der Waals surface area contributed by atoms with Gasteiger partial charge in [-0.3, -0.25) is 10.1 Å². The molecule has 0 radical (unpaired) electrons. The number of halogens is 1. The minimum absolute atomic E-state index is 0.0573. The largest absolute Gasteiger partial charge is 0.340 e. The number of amides is 1. The van der Waals surface area contributed by atoms with Crippen LogP contribution in [0, 0.1) is 11.7 Å². The van der Waals surface area contributed by atoms with Gasteiger partial charge in [-0.2, -0.15) is 0 Å². The molecule has 1 aromatic heterocycles. The summed E-state index contributed by atoms with van der Waals surface area (Å²) < 4.78 is 15.2. The molecule has 2 N–H and O–H groups in total. The van der Waals surface area contributed by atoms with Gasteiger partial charge in [0.2, 0.25) is 5.91 Å². The van der Waals surface area contributed by atoms with Crippen LogP contribution in [0.3, 0.4) is 0 Å². The highest BCUT2D eigenvalue weighted by Crippen LogP contribution is 2.29. The van der Waals surface area contributed by atoms with Gasteiger partial charge in [-0.1, -0.05) is 24.6 Å². The number of hydrogen-bond donors (Lipinski definition) is 2. The summed E-state index contributed by atoms with van der Waals surface area (Å²) >= 11 is 1.58. The number of aromatic nitrogens is 3. The van der Waals surface area contributed by atoms with Crippen molar-refractivity contribution in [3.63, 3.8) is 0 Å². The van der Waals surface area contributed by atoms with E-state index < -0.39 is 0 Å². The van der Waals surface area contributed by atoms with E-state index in [1.165, 1.54) is 18.6 Å². The predicted molar refractivity (Wildman–Crippen MR) is 103 cm³/mol. The fraction of sp³-hybridized carbons (Fsp3) is 0.526. The second kappa shape index (κ2) is 7.98. The van der Waals surface area contributed by atoms with Crippen LogP contribution in [-0.4, -0.2) is 38.6 Å². The Morgan fingerprint density at radius 1 is 1.22 bits per heavy atom. The first-order chi connectivity index (χ1) is 13.2. The molecule has 3 unspecified atom stereocenters. The maximum absolute atomic E-state index is 13.2. The zero-order chi connectivity index (χ0) is 18.8. The topological polar surface area (TPSA) is 71.8 Å². The fourth-order valence-electron chi connectivity index (χ4n) is 3.96. The highest BCUT2D eigenvalue weighted by atomic mass is 32.2. The van der Waals surface area contributed by atoms with Crippen LogP contribution >= 0.6 is 11.8 Å². The number of carbonyl (C=O) groups excluding carboxylic acids is 1. The van der Waals surface area contributed by atoms with Crippen molar-refractivity contribution in [2.24, 2.45) is 5.92 Å². The fourth-order valence-corrected chi connectivity index (χ4v) is 4.93. The van der Waals surface area contributed by atoms with Crippen molar-refractivity contribution in [3.05, 3.63) is 30.1 Å². The molecule has 1 aliphatic heterocycles. The molecule has 2 aromatic rings. The quantitative estimate of drug-likeness (QED) is 0.770. The van der Waals surface area contributed by atoms with E-state index in [2.05, 4.69) is 20.8 Å². The van der Waals surface area contributed by atoms with Crippen molar-refractivity contribution in [2.75, 3.05) is 5.75 Å². The monoisotopic (exact) mass is 389 g/mol. The highest BCUT2D eigenvalue weighted by Gasteiger charge is 2.37. The average Bonchev–Trinajstić information content (AvgIpc) is 3.10. The predicted octanol–water partition coefficient (Wildman–Crippen LogP) is 2.80. The number of hydrogen-bond acceptors (Lipinski definition) is 5. The van der Waals surface area contributed by atoms with Crippen molar-refractivity contribution >= 4 is 17.7 Å². The molecule has 6 nitrogen and oxygen atoms in total. The van der Waals surface area contributed by atoms with Gasteiger partial charge in [0.25, 0.3) is 0 Å². The molecule has 8 heteroatoms. The van der Waals surface area contributed by atoms with Crippen LogP contribution in [0.15, 0.2) is 29.4 Å². The van der Waals surface area contributed by atoms with Crippen LogP contribution in [0.5, 0.6) is 0 Å². The molecule has 2 heterocycles. The first-order valence-corrected chi connectivity index (χ1v) is 10.5. The molecule has 27 heavy (non-hydrogen) atoms. The van der Waals surface area contributed by atoms with Crippen molar-refractivity contribution < 1.29 is 9.18 Å². The Hall–Kier alpha value is -1.93. The average molecular weight is 390 g/mol. The minimum atomic E-state index is -0.268. The number of rotatable bonds is 5. The maximum atomic E-state index is 13.2. The van der Waals surface area contributed by atoms with Crippen molar-refractivity contribution in [1.82, 2.24) is 25.4 Å². The lowest BCUT2D eigenvalue weighted by Gasteiger charge is -2.40. The number of nitrogens with zero attached hydrogens (tertiary/aromatic N) is 3. The molecule has 4 rings (SSSR count). The molecule has 3 atom stereocenters. The van der Waals surface area contributed by atoms with E-state index in [9.17, 15) is 9.18 Å². The number of benzene rings is 1. The molecule has 0 spiro atoms. The lowest BCUT2D eigenvalue weighted by molar-refractivity contribution is -0.130.